The molecule has 0 bridgehead atoms. The Labute approximate surface area is 149 Å². The van der Waals surface area contributed by atoms with Crippen molar-refractivity contribution < 1.29 is 9.59 Å². The van der Waals surface area contributed by atoms with Crippen LogP contribution in [0.25, 0.3) is 0 Å². The molecule has 6 heteroatoms. The van der Waals surface area contributed by atoms with E-state index in [1.54, 1.807) is 6.20 Å². The highest BCUT2D eigenvalue weighted by atomic mass is 16.2. The van der Waals surface area contributed by atoms with Gasteiger partial charge in [-0.2, -0.15) is 0 Å². The van der Waals surface area contributed by atoms with Crippen molar-refractivity contribution in [1.29, 1.82) is 0 Å². The first-order chi connectivity index (χ1) is 11.9. The molecule has 0 radical (unpaired) electrons. The normalized spacial score (nSPS) is 24.7. The summed E-state index contributed by atoms with van der Waals surface area (Å²) in [6.07, 6.45) is 6.29. The molecule has 2 heterocycles. The van der Waals surface area contributed by atoms with Crippen LogP contribution < -0.4 is 5.32 Å². The predicted molar refractivity (Wildman–Crippen MR) is 95.1 cm³/mol. The van der Waals surface area contributed by atoms with Crippen molar-refractivity contribution in [2.24, 2.45) is 5.41 Å². The molecule has 2 amide bonds. The average molecular weight is 344 g/mol. The molecule has 2 unspecified atom stereocenters. The Morgan fingerprint density at radius 2 is 2.08 bits per heavy atom. The topological polar surface area (TPSA) is 75.2 Å². The number of piperidine rings is 1. The fraction of sp³-hybridized carbons (Fsp3) is 0.684. The Kier molecular flexibility index (Phi) is 4.80. The smallest absolute Gasteiger partial charge is 0.257 e. The van der Waals surface area contributed by atoms with E-state index in [1.807, 2.05) is 25.7 Å². The largest absolute Gasteiger partial charge is 0.351 e. The minimum atomic E-state index is -0.145. The Morgan fingerprint density at radius 1 is 1.36 bits per heavy atom. The van der Waals surface area contributed by atoms with Gasteiger partial charge in [-0.15, -0.1) is 0 Å². The number of carbonyl (C=O) groups is 2. The Bertz CT molecular complexity index is 684. The quantitative estimate of drug-likeness (QED) is 0.910. The van der Waals surface area contributed by atoms with Crippen molar-refractivity contribution in [1.82, 2.24) is 20.2 Å². The molecule has 1 saturated heterocycles. The number of hydrogen-bond acceptors (Lipinski definition) is 4. The van der Waals surface area contributed by atoms with Crippen molar-refractivity contribution in [3.8, 4) is 0 Å². The molecule has 2 fully saturated rings. The number of rotatable bonds is 4. The molecule has 6 nitrogen and oxygen atoms in total. The lowest BCUT2D eigenvalue weighted by molar-refractivity contribution is -0.127. The Morgan fingerprint density at radius 3 is 2.68 bits per heavy atom. The van der Waals surface area contributed by atoms with Crippen LogP contribution in [0.15, 0.2) is 6.20 Å². The third kappa shape index (κ3) is 3.39. The molecular formula is C19H28N4O2. The minimum absolute atomic E-state index is 0.0147. The summed E-state index contributed by atoms with van der Waals surface area (Å²) in [5.74, 6) is 0.789. The predicted octanol–water partition coefficient (Wildman–Crippen LogP) is 2.39. The van der Waals surface area contributed by atoms with Crippen LogP contribution in [0.1, 0.15) is 67.8 Å². The summed E-state index contributed by atoms with van der Waals surface area (Å²) in [4.78, 5) is 35.9. The molecule has 0 aromatic carbocycles. The van der Waals surface area contributed by atoms with Crippen molar-refractivity contribution in [2.45, 2.75) is 71.9 Å². The number of nitrogens with one attached hydrogen (secondary N) is 1. The number of nitrogens with zero attached hydrogens (tertiary/aromatic N) is 3. The number of likely N-dealkylation sites (tertiary alicyclic amines) is 1. The van der Waals surface area contributed by atoms with E-state index in [0.29, 0.717) is 23.6 Å². The van der Waals surface area contributed by atoms with E-state index in [0.717, 1.165) is 32.1 Å². The third-order valence-electron chi connectivity index (χ3n) is 5.91. The lowest BCUT2D eigenvalue weighted by Gasteiger charge is -2.40. The summed E-state index contributed by atoms with van der Waals surface area (Å²) in [6.45, 7) is 8.47. The lowest BCUT2D eigenvalue weighted by Crippen LogP contribution is -2.56. The molecule has 1 aromatic heterocycles. The molecule has 0 spiro atoms. The van der Waals surface area contributed by atoms with Crippen LogP contribution in [0.3, 0.4) is 0 Å². The first kappa shape index (κ1) is 17.8. The van der Waals surface area contributed by atoms with E-state index >= 15 is 0 Å². The van der Waals surface area contributed by atoms with Crippen molar-refractivity contribution >= 4 is 11.8 Å². The maximum absolute atomic E-state index is 13.0. The minimum Gasteiger partial charge on any atom is -0.351 e. The lowest BCUT2D eigenvalue weighted by atomic mass is 9.94. The standard InChI is InChI=1S/C19H28N4O2/c1-5-19(8-9-19)18(25)22-16-7-6-10-23(13(16)3)17(24)15-11-20-14(4)21-12(15)2/h11,13,16H,5-10H2,1-4H3,(H,22,25). The first-order valence-corrected chi connectivity index (χ1v) is 9.30. The molecule has 136 valence electrons. The number of amides is 2. The van der Waals surface area contributed by atoms with Gasteiger partial charge in [0.25, 0.3) is 5.91 Å². The van der Waals surface area contributed by atoms with E-state index in [1.165, 1.54) is 0 Å². The van der Waals surface area contributed by atoms with Gasteiger partial charge in [-0.1, -0.05) is 6.92 Å². The molecule has 3 rings (SSSR count). The highest BCUT2D eigenvalue weighted by molar-refractivity contribution is 5.95. The van der Waals surface area contributed by atoms with E-state index in [2.05, 4.69) is 22.2 Å². The van der Waals surface area contributed by atoms with Gasteiger partial charge in [0.05, 0.1) is 11.3 Å². The molecule has 1 aliphatic carbocycles. The van der Waals surface area contributed by atoms with Gasteiger partial charge in [-0.3, -0.25) is 9.59 Å². The summed E-state index contributed by atoms with van der Waals surface area (Å²) >= 11 is 0. The second-order valence-corrected chi connectivity index (χ2v) is 7.51. The maximum Gasteiger partial charge on any atom is 0.257 e. The van der Waals surface area contributed by atoms with Crippen molar-refractivity contribution in [2.75, 3.05) is 6.54 Å². The molecule has 25 heavy (non-hydrogen) atoms. The van der Waals surface area contributed by atoms with Gasteiger partial charge in [-0.05, 0) is 52.9 Å². The monoisotopic (exact) mass is 344 g/mol. The van der Waals surface area contributed by atoms with Gasteiger partial charge in [0.1, 0.15) is 5.82 Å². The van der Waals surface area contributed by atoms with Crippen molar-refractivity contribution in [3.05, 3.63) is 23.3 Å². The zero-order valence-corrected chi connectivity index (χ0v) is 15.6. The highest BCUT2D eigenvalue weighted by Gasteiger charge is 2.49. The zero-order chi connectivity index (χ0) is 18.2. The van der Waals surface area contributed by atoms with E-state index < -0.39 is 0 Å². The van der Waals surface area contributed by atoms with Crippen LogP contribution in [-0.2, 0) is 4.79 Å². The fourth-order valence-electron chi connectivity index (χ4n) is 3.78. The van der Waals surface area contributed by atoms with E-state index in [9.17, 15) is 9.59 Å². The Hall–Kier alpha value is -1.98. The van der Waals surface area contributed by atoms with E-state index in [4.69, 9.17) is 0 Å². The summed E-state index contributed by atoms with van der Waals surface area (Å²) in [5, 5.41) is 3.22. The fourth-order valence-corrected chi connectivity index (χ4v) is 3.78. The zero-order valence-electron chi connectivity index (χ0n) is 15.6. The van der Waals surface area contributed by atoms with Crippen LogP contribution in [0.2, 0.25) is 0 Å². The number of hydrogen-bond donors (Lipinski definition) is 1. The van der Waals surface area contributed by atoms with Crippen LogP contribution in [0.5, 0.6) is 0 Å². The van der Waals surface area contributed by atoms with Gasteiger partial charge in [0.15, 0.2) is 0 Å². The summed E-state index contributed by atoms with van der Waals surface area (Å²) < 4.78 is 0. The van der Waals surface area contributed by atoms with Crippen LogP contribution in [-0.4, -0.2) is 45.3 Å². The van der Waals surface area contributed by atoms with E-state index in [-0.39, 0.29) is 29.3 Å². The van der Waals surface area contributed by atoms with Gasteiger partial charge in [0.2, 0.25) is 5.91 Å². The first-order valence-electron chi connectivity index (χ1n) is 9.30. The third-order valence-corrected chi connectivity index (χ3v) is 5.91. The number of carbonyl (C=O) groups excluding carboxylic acids is 2. The second kappa shape index (κ2) is 6.73. The van der Waals surface area contributed by atoms with Gasteiger partial charge < -0.3 is 10.2 Å². The Balaban J connectivity index is 1.72. The highest BCUT2D eigenvalue weighted by Crippen LogP contribution is 2.49. The summed E-state index contributed by atoms with van der Waals surface area (Å²) in [6, 6.07) is -0.0144. The average Bonchev–Trinajstić information content (AvgIpc) is 3.37. The number of aromatic nitrogens is 2. The van der Waals surface area contributed by atoms with Crippen LogP contribution >= 0.6 is 0 Å². The maximum atomic E-state index is 13.0. The summed E-state index contributed by atoms with van der Waals surface area (Å²) in [5.41, 5.74) is 1.11. The molecule has 2 atom stereocenters. The molecule has 1 aliphatic heterocycles. The number of aryl methyl sites for hydroxylation is 2. The molecule has 1 aromatic rings. The SMILES string of the molecule is CCC1(C(=O)NC2CCCN(C(=O)c3cnc(C)nc3C)C2C)CC1. The van der Waals surface area contributed by atoms with Gasteiger partial charge in [0, 0.05) is 30.2 Å². The van der Waals surface area contributed by atoms with Gasteiger partial charge in [-0.25, -0.2) is 9.97 Å². The van der Waals surface area contributed by atoms with Gasteiger partial charge >= 0.3 is 0 Å². The molecule has 1 saturated carbocycles. The second-order valence-electron chi connectivity index (χ2n) is 7.51. The molecule has 2 aliphatic rings. The van der Waals surface area contributed by atoms with Crippen LogP contribution in [0.4, 0.5) is 0 Å². The molecular weight excluding hydrogens is 316 g/mol. The summed E-state index contributed by atoms with van der Waals surface area (Å²) in [7, 11) is 0. The molecule has 1 N–H and O–H groups in total. The van der Waals surface area contributed by atoms with Crippen molar-refractivity contribution in [3.63, 3.8) is 0 Å². The van der Waals surface area contributed by atoms with Crippen LogP contribution in [0, 0.1) is 19.3 Å².